The third-order valence-corrected chi connectivity index (χ3v) is 3.26. The first kappa shape index (κ1) is 15.2. The normalized spacial score (nSPS) is 12.8. The highest BCUT2D eigenvalue weighted by Crippen LogP contribution is 2.29. The van der Waals surface area contributed by atoms with E-state index in [1.807, 2.05) is 19.1 Å². The van der Waals surface area contributed by atoms with E-state index < -0.39 is 0 Å². The molecule has 0 aliphatic heterocycles. The van der Waals surface area contributed by atoms with Gasteiger partial charge in [-0.1, -0.05) is 31.5 Å². The number of halogens is 1. The van der Waals surface area contributed by atoms with E-state index in [0.29, 0.717) is 0 Å². The van der Waals surface area contributed by atoms with E-state index >= 15 is 0 Å². The Morgan fingerprint density at radius 1 is 1.11 bits per heavy atom. The molecule has 1 aromatic rings. The Morgan fingerprint density at radius 3 is 2.28 bits per heavy atom. The second-order valence-electron chi connectivity index (χ2n) is 6.79. The molecule has 0 aliphatic rings. The molecule has 0 radical (unpaired) electrons. The number of nitrogens with one attached hydrogen (secondary N) is 1. The Labute approximate surface area is 111 Å². The Balaban J connectivity index is 2.76. The molecule has 0 aromatic heterocycles. The van der Waals surface area contributed by atoms with E-state index in [9.17, 15) is 4.39 Å². The van der Waals surface area contributed by atoms with E-state index in [0.717, 1.165) is 24.1 Å². The van der Waals surface area contributed by atoms with Gasteiger partial charge in [-0.05, 0) is 57.7 Å². The quantitative estimate of drug-likeness (QED) is 0.846. The average molecular weight is 251 g/mol. The number of aryl methyl sites for hydroxylation is 1. The molecule has 0 atom stereocenters. The summed E-state index contributed by atoms with van der Waals surface area (Å²) in [7, 11) is 0. The average Bonchev–Trinajstić information content (AvgIpc) is 2.19. The lowest BCUT2D eigenvalue weighted by Gasteiger charge is -2.29. The van der Waals surface area contributed by atoms with E-state index in [4.69, 9.17) is 0 Å². The number of hydrogen-bond donors (Lipinski definition) is 1. The fourth-order valence-corrected chi connectivity index (χ4v) is 2.04. The Hall–Kier alpha value is -0.890. The van der Waals surface area contributed by atoms with Crippen LogP contribution in [0.3, 0.4) is 0 Å². The van der Waals surface area contributed by atoms with Gasteiger partial charge in [0.25, 0.3) is 0 Å². The third-order valence-electron chi connectivity index (χ3n) is 3.26. The molecular formula is C16H26FN. The van der Waals surface area contributed by atoms with Crippen LogP contribution >= 0.6 is 0 Å². The minimum absolute atomic E-state index is 0.0960. The van der Waals surface area contributed by atoms with Crippen LogP contribution in [-0.2, 0) is 5.41 Å². The van der Waals surface area contributed by atoms with Crippen LogP contribution in [0.2, 0.25) is 0 Å². The third kappa shape index (κ3) is 4.41. The highest BCUT2D eigenvalue weighted by Gasteiger charge is 2.24. The molecule has 0 unspecified atom stereocenters. The van der Waals surface area contributed by atoms with Gasteiger partial charge in [0.05, 0.1) is 0 Å². The van der Waals surface area contributed by atoms with Crippen molar-refractivity contribution in [1.82, 2.24) is 5.32 Å². The molecule has 0 heterocycles. The smallest absolute Gasteiger partial charge is 0.126 e. The van der Waals surface area contributed by atoms with Crippen LogP contribution in [-0.4, -0.2) is 12.1 Å². The topological polar surface area (TPSA) is 12.0 Å². The number of benzene rings is 1. The molecule has 0 bridgehead atoms. The summed E-state index contributed by atoms with van der Waals surface area (Å²) in [6, 6.07) is 5.36. The zero-order chi connectivity index (χ0) is 14.0. The number of hydrogen-bond acceptors (Lipinski definition) is 1. The van der Waals surface area contributed by atoms with Gasteiger partial charge in [-0.2, -0.15) is 0 Å². The first-order chi connectivity index (χ1) is 8.12. The molecule has 1 N–H and O–H groups in total. The highest BCUT2D eigenvalue weighted by atomic mass is 19.1. The van der Waals surface area contributed by atoms with Crippen molar-refractivity contribution in [2.24, 2.45) is 0 Å². The molecule has 1 nitrogen and oxygen atoms in total. The van der Waals surface area contributed by atoms with Crippen LogP contribution in [0.4, 0.5) is 4.39 Å². The molecule has 0 fully saturated rings. The molecule has 2 heteroatoms. The van der Waals surface area contributed by atoms with Crippen LogP contribution in [0.15, 0.2) is 18.2 Å². The monoisotopic (exact) mass is 251 g/mol. The Kier molecular flexibility index (Phi) is 4.55. The maximum atomic E-state index is 13.9. The van der Waals surface area contributed by atoms with Crippen molar-refractivity contribution in [2.45, 2.75) is 58.9 Å². The Bertz CT molecular complexity index is 402. The van der Waals surface area contributed by atoms with Gasteiger partial charge >= 0.3 is 0 Å². The second kappa shape index (κ2) is 5.40. The van der Waals surface area contributed by atoms with Gasteiger partial charge < -0.3 is 5.32 Å². The molecule has 0 saturated carbocycles. The van der Waals surface area contributed by atoms with E-state index in [1.165, 1.54) is 0 Å². The van der Waals surface area contributed by atoms with Gasteiger partial charge in [0.15, 0.2) is 0 Å². The maximum absolute atomic E-state index is 13.9. The van der Waals surface area contributed by atoms with E-state index in [2.05, 4.69) is 39.9 Å². The summed E-state index contributed by atoms with van der Waals surface area (Å²) in [5.41, 5.74) is 1.90. The first-order valence-corrected chi connectivity index (χ1v) is 6.63. The van der Waals surface area contributed by atoms with Crippen molar-refractivity contribution >= 4 is 0 Å². The minimum atomic E-state index is -0.144. The molecule has 102 valence electrons. The zero-order valence-corrected chi connectivity index (χ0v) is 12.5. The van der Waals surface area contributed by atoms with Gasteiger partial charge in [-0.3, -0.25) is 0 Å². The van der Waals surface area contributed by atoms with Crippen LogP contribution in [0.25, 0.3) is 0 Å². The standard InChI is InChI=1S/C16H26FN/c1-12-7-8-14(17)13(11-12)16(5,6)9-10-18-15(2,3)4/h7-8,11,18H,9-10H2,1-6H3. The molecule has 18 heavy (non-hydrogen) atoms. The summed E-state index contributed by atoms with van der Waals surface area (Å²) >= 11 is 0. The van der Waals surface area contributed by atoms with Crippen molar-refractivity contribution < 1.29 is 4.39 Å². The van der Waals surface area contributed by atoms with Gasteiger partial charge in [0.1, 0.15) is 5.82 Å². The molecular weight excluding hydrogens is 225 g/mol. The van der Waals surface area contributed by atoms with E-state index in [1.54, 1.807) is 6.07 Å². The molecule has 1 rings (SSSR count). The SMILES string of the molecule is Cc1ccc(F)c(C(C)(C)CCNC(C)(C)C)c1. The summed E-state index contributed by atoms with van der Waals surface area (Å²) in [5.74, 6) is -0.0960. The molecule has 1 aromatic carbocycles. The van der Waals surface area contributed by atoms with Gasteiger partial charge in [0, 0.05) is 5.54 Å². The van der Waals surface area contributed by atoms with Crippen molar-refractivity contribution in [3.8, 4) is 0 Å². The fraction of sp³-hybridized carbons (Fsp3) is 0.625. The van der Waals surface area contributed by atoms with Crippen molar-refractivity contribution in [1.29, 1.82) is 0 Å². The largest absolute Gasteiger partial charge is 0.312 e. The minimum Gasteiger partial charge on any atom is -0.312 e. The lowest BCUT2D eigenvalue weighted by atomic mass is 9.80. The van der Waals surface area contributed by atoms with Gasteiger partial charge in [-0.15, -0.1) is 0 Å². The van der Waals surface area contributed by atoms with Crippen LogP contribution < -0.4 is 5.32 Å². The van der Waals surface area contributed by atoms with Gasteiger partial charge in [0.2, 0.25) is 0 Å². The van der Waals surface area contributed by atoms with E-state index in [-0.39, 0.29) is 16.8 Å². The van der Waals surface area contributed by atoms with Crippen molar-refractivity contribution in [3.05, 3.63) is 35.1 Å². The number of rotatable bonds is 4. The highest BCUT2D eigenvalue weighted by molar-refractivity contribution is 5.30. The summed E-state index contributed by atoms with van der Waals surface area (Å²) in [6.45, 7) is 13.6. The molecule has 0 amide bonds. The van der Waals surface area contributed by atoms with Crippen molar-refractivity contribution in [3.63, 3.8) is 0 Å². The molecule has 0 saturated heterocycles. The lowest BCUT2D eigenvalue weighted by Crippen LogP contribution is -2.38. The Morgan fingerprint density at radius 2 is 1.72 bits per heavy atom. The molecule has 0 aliphatic carbocycles. The predicted octanol–water partition coefficient (Wildman–Crippen LogP) is 4.19. The summed E-state index contributed by atoms with van der Waals surface area (Å²) < 4.78 is 13.9. The first-order valence-electron chi connectivity index (χ1n) is 6.63. The lowest BCUT2D eigenvalue weighted by molar-refractivity contribution is 0.372. The summed E-state index contributed by atoms with van der Waals surface area (Å²) in [5, 5.41) is 3.46. The summed E-state index contributed by atoms with van der Waals surface area (Å²) in [6.07, 6.45) is 0.921. The fourth-order valence-electron chi connectivity index (χ4n) is 2.04. The van der Waals surface area contributed by atoms with Gasteiger partial charge in [-0.25, -0.2) is 4.39 Å². The zero-order valence-electron chi connectivity index (χ0n) is 12.5. The van der Waals surface area contributed by atoms with Crippen LogP contribution in [0, 0.1) is 12.7 Å². The van der Waals surface area contributed by atoms with Crippen LogP contribution in [0.1, 0.15) is 52.2 Å². The maximum Gasteiger partial charge on any atom is 0.126 e. The second-order valence-corrected chi connectivity index (χ2v) is 6.79. The predicted molar refractivity (Wildman–Crippen MR) is 76.5 cm³/mol. The van der Waals surface area contributed by atoms with Crippen molar-refractivity contribution in [2.75, 3.05) is 6.54 Å². The summed E-state index contributed by atoms with van der Waals surface area (Å²) in [4.78, 5) is 0. The van der Waals surface area contributed by atoms with Crippen LogP contribution in [0.5, 0.6) is 0 Å². The molecule has 0 spiro atoms.